The Labute approximate surface area is 55.1 Å². The second kappa shape index (κ2) is 5.15. The summed E-state index contributed by atoms with van der Waals surface area (Å²) in [6, 6.07) is -0.145. The van der Waals surface area contributed by atoms with Gasteiger partial charge in [-0.2, -0.15) is 0 Å². The largest absolute Gasteiger partial charge is 0.341 e. The summed E-state index contributed by atoms with van der Waals surface area (Å²) in [5.74, 6) is 0. The summed E-state index contributed by atoms with van der Waals surface area (Å²) in [5.41, 5.74) is 0. The van der Waals surface area contributed by atoms with Crippen molar-refractivity contribution in [1.82, 2.24) is 10.6 Å². The molecular formula is C6H12N2O. The smallest absolute Gasteiger partial charge is 0.314 e. The minimum Gasteiger partial charge on any atom is -0.341 e. The molecule has 0 radical (unpaired) electrons. The Morgan fingerprint density at radius 1 is 1.67 bits per heavy atom. The summed E-state index contributed by atoms with van der Waals surface area (Å²) in [5, 5.41) is 5.04. The van der Waals surface area contributed by atoms with Gasteiger partial charge in [0.2, 0.25) is 0 Å². The lowest BCUT2D eigenvalue weighted by atomic mass is 10.5. The molecule has 0 aliphatic rings. The molecule has 3 heteroatoms. The summed E-state index contributed by atoms with van der Waals surface area (Å²) in [7, 11) is 1.59. The van der Waals surface area contributed by atoms with Crippen LogP contribution < -0.4 is 10.6 Å². The first kappa shape index (κ1) is 8.01. The Morgan fingerprint density at radius 3 is 2.78 bits per heavy atom. The molecule has 0 aromatic rings. The van der Waals surface area contributed by atoms with E-state index < -0.39 is 0 Å². The van der Waals surface area contributed by atoms with Gasteiger partial charge in [0.15, 0.2) is 0 Å². The number of nitrogens with one attached hydrogen (secondary N) is 2. The van der Waals surface area contributed by atoms with E-state index in [0.29, 0.717) is 6.54 Å². The maximum atomic E-state index is 10.4. The minimum absolute atomic E-state index is 0.145. The van der Waals surface area contributed by atoms with E-state index in [1.165, 1.54) is 0 Å². The third kappa shape index (κ3) is 4.87. The Bertz CT molecular complexity index is 110. The van der Waals surface area contributed by atoms with Gasteiger partial charge in [0.1, 0.15) is 0 Å². The number of carbonyl (C=O) groups is 1. The van der Waals surface area contributed by atoms with Crippen molar-refractivity contribution in [1.29, 1.82) is 0 Å². The molecule has 0 atom stereocenters. The third-order valence-corrected chi connectivity index (χ3v) is 0.843. The molecule has 0 aliphatic heterocycles. The van der Waals surface area contributed by atoms with Crippen molar-refractivity contribution < 1.29 is 4.79 Å². The van der Waals surface area contributed by atoms with Crippen LogP contribution in [0.3, 0.4) is 0 Å². The van der Waals surface area contributed by atoms with Gasteiger partial charge in [0.05, 0.1) is 0 Å². The van der Waals surface area contributed by atoms with Crippen LogP contribution in [-0.2, 0) is 0 Å². The van der Waals surface area contributed by atoms with Crippen LogP contribution >= 0.6 is 0 Å². The summed E-state index contributed by atoms with van der Waals surface area (Å²) >= 11 is 0. The fourth-order valence-electron chi connectivity index (χ4n) is 0.358. The molecule has 0 saturated heterocycles. The molecule has 0 aromatic carbocycles. The molecule has 0 bridgehead atoms. The van der Waals surface area contributed by atoms with Gasteiger partial charge in [-0.25, -0.2) is 4.79 Å². The van der Waals surface area contributed by atoms with Crippen LogP contribution in [0.1, 0.15) is 6.92 Å². The van der Waals surface area contributed by atoms with Crippen LogP contribution in [0.2, 0.25) is 0 Å². The average molecular weight is 128 g/mol. The lowest BCUT2D eigenvalue weighted by molar-refractivity contribution is 0.244. The zero-order chi connectivity index (χ0) is 7.11. The third-order valence-electron chi connectivity index (χ3n) is 0.843. The van der Waals surface area contributed by atoms with E-state index in [4.69, 9.17) is 0 Å². The van der Waals surface area contributed by atoms with Crippen molar-refractivity contribution in [3.8, 4) is 0 Å². The molecule has 3 nitrogen and oxygen atoms in total. The van der Waals surface area contributed by atoms with E-state index in [1.54, 1.807) is 7.05 Å². The lowest BCUT2D eigenvalue weighted by Gasteiger charge is -1.97. The summed E-state index contributed by atoms with van der Waals surface area (Å²) in [6.07, 6.45) is 3.76. The Hall–Kier alpha value is -0.990. The molecule has 9 heavy (non-hydrogen) atoms. The van der Waals surface area contributed by atoms with Crippen molar-refractivity contribution in [2.24, 2.45) is 0 Å². The summed E-state index contributed by atoms with van der Waals surface area (Å²) in [4.78, 5) is 10.4. The van der Waals surface area contributed by atoms with E-state index in [9.17, 15) is 4.79 Å². The molecule has 2 N–H and O–H groups in total. The Kier molecular flexibility index (Phi) is 4.59. The van der Waals surface area contributed by atoms with E-state index >= 15 is 0 Å². The fraction of sp³-hybridized carbons (Fsp3) is 0.500. The van der Waals surface area contributed by atoms with E-state index in [2.05, 4.69) is 10.6 Å². The van der Waals surface area contributed by atoms with Crippen LogP contribution in [0, 0.1) is 0 Å². The van der Waals surface area contributed by atoms with Gasteiger partial charge in [-0.1, -0.05) is 12.2 Å². The van der Waals surface area contributed by atoms with Gasteiger partial charge >= 0.3 is 6.03 Å². The fourth-order valence-corrected chi connectivity index (χ4v) is 0.358. The first-order valence-electron chi connectivity index (χ1n) is 2.88. The second-order valence-electron chi connectivity index (χ2n) is 1.53. The summed E-state index contributed by atoms with van der Waals surface area (Å²) in [6.45, 7) is 2.50. The number of amides is 2. The lowest BCUT2D eigenvalue weighted by Crippen LogP contribution is -2.32. The number of rotatable bonds is 2. The topological polar surface area (TPSA) is 41.1 Å². The van der Waals surface area contributed by atoms with Gasteiger partial charge in [0.25, 0.3) is 0 Å². The number of hydrogen-bond acceptors (Lipinski definition) is 1. The second-order valence-corrected chi connectivity index (χ2v) is 1.53. The van der Waals surface area contributed by atoms with Crippen LogP contribution in [0.15, 0.2) is 12.2 Å². The van der Waals surface area contributed by atoms with Crippen LogP contribution in [0.25, 0.3) is 0 Å². The highest BCUT2D eigenvalue weighted by Gasteiger charge is 1.88. The zero-order valence-electron chi connectivity index (χ0n) is 5.77. The Morgan fingerprint density at radius 2 is 2.33 bits per heavy atom. The first-order chi connectivity index (χ1) is 4.31. The molecule has 0 saturated carbocycles. The average Bonchev–Trinajstić information content (AvgIpc) is 1.89. The normalized spacial score (nSPS) is 9.56. The minimum atomic E-state index is -0.145. The maximum Gasteiger partial charge on any atom is 0.314 e. The highest BCUT2D eigenvalue weighted by atomic mass is 16.2. The van der Waals surface area contributed by atoms with Crippen LogP contribution in [-0.4, -0.2) is 19.6 Å². The van der Waals surface area contributed by atoms with Crippen molar-refractivity contribution >= 4 is 6.03 Å². The molecule has 0 aromatic heterocycles. The quantitative estimate of drug-likeness (QED) is 0.522. The van der Waals surface area contributed by atoms with Gasteiger partial charge in [0, 0.05) is 13.6 Å². The molecule has 0 aliphatic carbocycles. The Balaban J connectivity index is 3.17. The molecule has 0 fully saturated rings. The number of allylic oxidation sites excluding steroid dienone is 1. The van der Waals surface area contributed by atoms with Gasteiger partial charge in [-0.15, -0.1) is 0 Å². The van der Waals surface area contributed by atoms with Gasteiger partial charge < -0.3 is 10.6 Å². The number of hydrogen-bond donors (Lipinski definition) is 2. The molecule has 0 rings (SSSR count). The monoisotopic (exact) mass is 128 g/mol. The molecular weight excluding hydrogens is 116 g/mol. The SMILES string of the molecule is C/C=C\CNC(=O)NC. The summed E-state index contributed by atoms with van der Waals surface area (Å²) < 4.78 is 0. The van der Waals surface area contributed by atoms with Crippen molar-refractivity contribution in [3.63, 3.8) is 0 Å². The van der Waals surface area contributed by atoms with E-state index in [0.717, 1.165) is 0 Å². The van der Waals surface area contributed by atoms with Crippen LogP contribution in [0.5, 0.6) is 0 Å². The zero-order valence-corrected chi connectivity index (χ0v) is 5.77. The highest BCUT2D eigenvalue weighted by molar-refractivity contribution is 5.73. The number of carbonyl (C=O) groups excluding carboxylic acids is 1. The van der Waals surface area contributed by atoms with Crippen molar-refractivity contribution in [2.45, 2.75) is 6.92 Å². The maximum absolute atomic E-state index is 10.4. The predicted octanol–water partition coefficient (Wildman–Crippen LogP) is 0.491. The van der Waals surface area contributed by atoms with Crippen LogP contribution in [0.4, 0.5) is 4.79 Å². The van der Waals surface area contributed by atoms with Gasteiger partial charge in [-0.05, 0) is 6.92 Å². The van der Waals surface area contributed by atoms with Crippen molar-refractivity contribution in [2.75, 3.05) is 13.6 Å². The molecule has 2 amide bonds. The molecule has 0 unspecified atom stereocenters. The van der Waals surface area contributed by atoms with E-state index in [-0.39, 0.29) is 6.03 Å². The number of urea groups is 1. The molecule has 52 valence electrons. The predicted molar refractivity (Wildman–Crippen MR) is 37.3 cm³/mol. The highest BCUT2D eigenvalue weighted by Crippen LogP contribution is 1.66. The van der Waals surface area contributed by atoms with Crippen molar-refractivity contribution in [3.05, 3.63) is 12.2 Å². The van der Waals surface area contributed by atoms with Gasteiger partial charge in [-0.3, -0.25) is 0 Å². The standard InChI is InChI=1S/C6H12N2O/c1-3-4-5-8-6(9)7-2/h3-4H,5H2,1-2H3,(H2,7,8,9)/b4-3-. The molecule has 0 spiro atoms. The first-order valence-corrected chi connectivity index (χ1v) is 2.88. The molecule has 0 heterocycles. The van der Waals surface area contributed by atoms with E-state index in [1.807, 2.05) is 19.1 Å².